The molecule has 0 bridgehead atoms. The van der Waals surface area contributed by atoms with E-state index in [1.54, 1.807) is 24.3 Å². The van der Waals surface area contributed by atoms with E-state index >= 15 is 0 Å². The zero-order chi connectivity index (χ0) is 20.6. The summed E-state index contributed by atoms with van der Waals surface area (Å²) in [7, 11) is 0. The van der Waals surface area contributed by atoms with Crippen LogP contribution in [0.15, 0.2) is 59.0 Å². The van der Waals surface area contributed by atoms with E-state index < -0.39 is 30.9 Å². The number of halogens is 1. The molecule has 0 fully saturated rings. The van der Waals surface area contributed by atoms with Crippen LogP contribution in [0.4, 0.5) is 6.01 Å². The van der Waals surface area contributed by atoms with Gasteiger partial charge in [0.15, 0.2) is 6.61 Å². The van der Waals surface area contributed by atoms with Gasteiger partial charge in [0.25, 0.3) is 11.8 Å². The van der Waals surface area contributed by atoms with Crippen LogP contribution >= 0.6 is 11.6 Å². The summed E-state index contributed by atoms with van der Waals surface area (Å²) in [5.41, 5.74) is 1.04. The summed E-state index contributed by atoms with van der Waals surface area (Å²) in [4.78, 5) is 35.4. The number of benzene rings is 2. The molecular weight excluding hydrogens is 400 g/mol. The molecule has 2 aromatic carbocycles. The molecular formula is C19H15ClN4O5. The van der Waals surface area contributed by atoms with E-state index in [1.165, 1.54) is 12.1 Å². The van der Waals surface area contributed by atoms with Gasteiger partial charge in [0.05, 0.1) is 0 Å². The van der Waals surface area contributed by atoms with Gasteiger partial charge in [-0.3, -0.25) is 19.7 Å². The van der Waals surface area contributed by atoms with Crippen LogP contribution in [0.2, 0.25) is 5.02 Å². The van der Waals surface area contributed by atoms with Crippen molar-refractivity contribution in [2.24, 2.45) is 0 Å². The second kappa shape index (κ2) is 9.47. The van der Waals surface area contributed by atoms with Crippen LogP contribution in [0.5, 0.6) is 0 Å². The molecule has 148 valence electrons. The first-order chi connectivity index (χ1) is 14.0. The number of nitrogens with one attached hydrogen (secondary N) is 2. The first-order valence-corrected chi connectivity index (χ1v) is 8.77. The van der Waals surface area contributed by atoms with Crippen molar-refractivity contribution in [2.45, 2.75) is 0 Å². The largest absolute Gasteiger partial charge is 0.454 e. The molecule has 10 heteroatoms. The van der Waals surface area contributed by atoms with Crippen LogP contribution in [0, 0.1) is 0 Å². The minimum absolute atomic E-state index is 0.124. The smallest absolute Gasteiger partial charge is 0.325 e. The van der Waals surface area contributed by atoms with Crippen molar-refractivity contribution in [3.63, 3.8) is 0 Å². The fourth-order valence-electron chi connectivity index (χ4n) is 2.18. The molecule has 0 radical (unpaired) electrons. The molecule has 1 aromatic heterocycles. The van der Waals surface area contributed by atoms with Gasteiger partial charge in [-0.25, -0.2) is 0 Å². The highest BCUT2D eigenvalue weighted by Gasteiger charge is 2.14. The number of hydrogen-bond donors (Lipinski definition) is 2. The number of anilines is 1. The normalized spacial score (nSPS) is 10.2. The maximum absolute atomic E-state index is 11.9. The quantitative estimate of drug-likeness (QED) is 0.568. The Kier molecular flexibility index (Phi) is 6.54. The maximum atomic E-state index is 11.9. The zero-order valence-electron chi connectivity index (χ0n) is 14.9. The third kappa shape index (κ3) is 5.88. The highest BCUT2D eigenvalue weighted by molar-refractivity contribution is 6.30. The molecule has 3 rings (SSSR count). The molecule has 1 heterocycles. The van der Waals surface area contributed by atoms with Crippen molar-refractivity contribution in [2.75, 3.05) is 18.5 Å². The molecule has 0 unspecified atom stereocenters. The van der Waals surface area contributed by atoms with Crippen molar-refractivity contribution < 1.29 is 23.5 Å². The average molecular weight is 415 g/mol. The molecule has 0 spiro atoms. The molecule has 2 amide bonds. The molecule has 29 heavy (non-hydrogen) atoms. The van der Waals surface area contributed by atoms with E-state index in [-0.39, 0.29) is 11.9 Å². The van der Waals surface area contributed by atoms with Gasteiger partial charge in [0, 0.05) is 16.1 Å². The van der Waals surface area contributed by atoms with E-state index in [1.807, 2.05) is 18.2 Å². The van der Waals surface area contributed by atoms with Crippen molar-refractivity contribution in [1.82, 2.24) is 15.5 Å². The third-order valence-electron chi connectivity index (χ3n) is 3.56. The van der Waals surface area contributed by atoms with Crippen LogP contribution in [0.1, 0.15) is 10.4 Å². The summed E-state index contributed by atoms with van der Waals surface area (Å²) in [6, 6.07) is 15.0. The van der Waals surface area contributed by atoms with Crippen LogP contribution < -0.4 is 10.6 Å². The Labute approximate surface area is 170 Å². The average Bonchev–Trinajstić information content (AvgIpc) is 3.20. The fourth-order valence-corrected chi connectivity index (χ4v) is 2.31. The van der Waals surface area contributed by atoms with Gasteiger partial charge in [-0.05, 0) is 36.4 Å². The van der Waals surface area contributed by atoms with Crippen molar-refractivity contribution in [1.29, 1.82) is 0 Å². The molecule has 0 aliphatic rings. The maximum Gasteiger partial charge on any atom is 0.325 e. The van der Waals surface area contributed by atoms with Gasteiger partial charge in [0.2, 0.25) is 5.89 Å². The number of nitrogens with zero attached hydrogens (tertiary/aromatic N) is 2. The molecule has 0 aliphatic heterocycles. The lowest BCUT2D eigenvalue weighted by molar-refractivity contribution is -0.146. The predicted molar refractivity (Wildman–Crippen MR) is 103 cm³/mol. The highest BCUT2D eigenvalue weighted by atomic mass is 35.5. The number of amides is 2. The summed E-state index contributed by atoms with van der Waals surface area (Å²) in [5.74, 6) is -1.67. The number of hydrogen-bond acceptors (Lipinski definition) is 7. The van der Waals surface area contributed by atoms with Crippen LogP contribution in [-0.4, -0.2) is 41.1 Å². The van der Waals surface area contributed by atoms with Crippen LogP contribution in [-0.2, 0) is 14.3 Å². The van der Waals surface area contributed by atoms with Gasteiger partial charge >= 0.3 is 12.0 Å². The van der Waals surface area contributed by atoms with Gasteiger partial charge < -0.3 is 14.5 Å². The number of aromatic nitrogens is 2. The molecule has 0 atom stereocenters. The predicted octanol–water partition coefficient (Wildman–Crippen LogP) is 2.30. The van der Waals surface area contributed by atoms with Crippen molar-refractivity contribution >= 4 is 35.4 Å². The number of carbonyl (C=O) groups excluding carboxylic acids is 3. The van der Waals surface area contributed by atoms with Gasteiger partial charge in [0.1, 0.15) is 6.54 Å². The Hall–Kier alpha value is -3.72. The Morgan fingerprint density at radius 1 is 1.00 bits per heavy atom. The Morgan fingerprint density at radius 2 is 1.72 bits per heavy atom. The monoisotopic (exact) mass is 414 g/mol. The lowest BCUT2D eigenvalue weighted by atomic mass is 10.2. The zero-order valence-corrected chi connectivity index (χ0v) is 15.7. The Balaban J connectivity index is 1.41. The first kappa shape index (κ1) is 20.0. The summed E-state index contributed by atoms with van der Waals surface area (Å²) in [6.07, 6.45) is 0. The minimum Gasteiger partial charge on any atom is -0.454 e. The lowest BCUT2D eigenvalue weighted by Crippen LogP contribution is -2.32. The Morgan fingerprint density at radius 3 is 2.45 bits per heavy atom. The molecule has 0 saturated carbocycles. The fraction of sp³-hybridized carbons (Fsp3) is 0.105. The number of esters is 1. The topological polar surface area (TPSA) is 123 Å². The SMILES string of the molecule is O=C(COC(=O)CNC(=O)c1ccc(Cl)cc1)Nc1nnc(-c2ccccc2)o1. The summed E-state index contributed by atoms with van der Waals surface area (Å²) in [5, 5.41) is 12.7. The van der Waals surface area contributed by atoms with Gasteiger partial charge in [-0.1, -0.05) is 34.9 Å². The minimum atomic E-state index is -0.780. The van der Waals surface area contributed by atoms with Crippen LogP contribution in [0.25, 0.3) is 11.5 Å². The molecule has 0 aliphatic carbocycles. The molecule has 0 saturated heterocycles. The lowest BCUT2D eigenvalue weighted by Gasteiger charge is -2.06. The number of carbonyl (C=O) groups is 3. The second-order valence-corrected chi connectivity index (χ2v) is 6.11. The summed E-state index contributed by atoms with van der Waals surface area (Å²) in [6.45, 7) is -0.966. The van der Waals surface area contributed by atoms with E-state index in [0.717, 1.165) is 0 Å². The third-order valence-corrected chi connectivity index (χ3v) is 3.81. The summed E-state index contributed by atoms with van der Waals surface area (Å²) >= 11 is 5.75. The molecule has 2 N–H and O–H groups in total. The van der Waals surface area contributed by atoms with Gasteiger partial charge in [-0.15, -0.1) is 5.10 Å². The number of rotatable bonds is 7. The highest BCUT2D eigenvalue weighted by Crippen LogP contribution is 2.18. The van der Waals surface area contributed by atoms with E-state index in [4.69, 9.17) is 20.8 Å². The van der Waals surface area contributed by atoms with Gasteiger partial charge in [-0.2, -0.15) is 0 Å². The van der Waals surface area contributed by atoms with E-state index in [2.05, 4.69) is 20.8 Å². The standard InChI is InChI=1S/C19H15ClN4O5/c20-14-8-6-12(7-9-14)17(27)21-10-16(26)28-11-15(25)22-19-24-23-18(29-19)13-4-2-1-3-5-13/h1-9H,10-11H2,(H,21,27)(H,22,24,25). The van der Waals surface area contributed by atoms with Crippen molar-refractivity contribution in [3.8, 4) is 11.5 Å². The van der Waals surface area contributed by atoms with E-state index in [9.17, 15) is 14.4 Å². The van der Waals surface area contributed by atoms with E-state index in [0.29, 0.717) is 16.1 Å². The second-order valence-electron chi connectivity index (χ2n) is 5.68. The molecule has 9 nitrogen and oxygen atoms in total. The first-order valence-electron chi connectivity index (χ1n) is 8.39. The van der Waals surface area contributed by atoms with Crippen molar-refractivity contribution in [3.05, 3.63) is 65.2 Å². The number of ether oxygens (including phenoxy) is 1. The van der Waals surface area contributed by atoms with Crippen LogP contribution in [0.3, 0.4) is 0 Å². The summed E-state index contributed by atoms with van der Waals surface area (Å²) < 4.78 is 10.1. The Bertz CT molecular complexity index is 1000. The molecule has 3 aromatic rings.